The number of rotatable bonds is 8. The molecule has 1 heterocycles. The summed E-state index contributed by atoms with van der Waals surface area (Å²) in [6, 6.07) is 27.6. The zero-order valence-corrected chi connectivity index (χ0v) is 22.3. The Morgan fingerprint density at radius 1 is 0.889 bits per heavy atom. The van der Waals surface area contributed by atoms with Crippen LogP contribution in [-0.2, 0) is 9.22 Å². The quantitative estimate of drug-likeness (QED) is 0.355. The minimum absolute atomic E-state index is 0.0548. The third-order valence-corrected chi connectivity index (χ3v) is 11.5. The molecule has 6 nitrogen and oxygen atoms in total. The van der Waals surface area contributed by atoms with E-state index in [0.29, 0.717) is 25.3 Å². The summed E-state index contributed by atoms with van der Waals surface area (Å²) in [6.07, 6.45) is 0. The maximum absolute atomic E-state index is 11.1. The van der Waals surface area contributed by atoms with Crippen LogP contribution < -0.4 is 10.4 Å². The molecule has 0 spiro atoms. The van der Waals surface area contributed by atoms with Gasteiger partial charge in [0.15, 0.2) is 0 Å². The van der Waals surface area contributed by atoms with E-state index in [2.05, 4.69) is 69.3 Å². The number of carboxylic acids is 2. The first-order chi connectivity index (χ1) is 17.1. The number of aryl methyl sites for hydroxylation is 1. The number of aliphatic carboxylic acids is 1. The molecular weight excluding hydrogens is 470 g/mol. The fourth-order valence-electron chi connectivity index (χ4n) is 4.55. The van der Waals surface area contributed by atoms with Crippen molar-refractivity contribution in [2.75, 3.05) is 19.7 Å². The molecule has 0 bridgehead atoms. The molecule has 1 aliphatic heterocycles. The van der Waals surface area contributed by atoms with E-state index in [1.54, 1.807) is 25.1 Å². The van der Waals surface area contributed by atoms with Gasteiger partial charge >= 0.3 is 11.9 Å². The summed E-state index contributed by atoms with van der Waals surface area (Å²) in [7, 11) is -2.51. The van der Waals surface area contributed by atoms with Crippen molar-refractivity contribution in [3.8, 4) is 0 Å². The van der Waals surface area contributed by atoms with Crippen molar-refractivity contribution in [3.05, 3.63) is 96.1 Å². The van der Waals surface area contributed by atoms with Crippen LogP contribution in [0.25, 0.3) is 0 Å². The van der Waals surface area contributed by atoms with Gasteiger partial charge in [0.2, 0.25) is 0 Å². The van der Waals surface area contributed by atoms with Crippen LogP contribution in [0.5, 0.6) is 0 Å². The van der Waals surface area contributed by atoms with E-state index in [0.717, 1.165) is 5.56 Å². The molecule has 2 atom stereocenters. The highest BCUT2D eigenvalue weighted by Crippen LogP contribution is 2.36. The Labute approximate surface area is 214 Å². The first-order valence-electron chi connectivity index (χ1n) is 12.1. The van der Waals surface area contributed by atoms with Gasteiger partial charge in [-0.25, -0.2) is 4.79 Å². The van der Waals surface area contributed by atoms with Gasteiger partial charge in [0.25, 0.3) is 8.32 Å². The van der Waals surface area contributed by atoms with Crippen LogP contribution in [0.4, 0.5) is 0 Å². The van der Waals surface area contributed by atoms with Crippen LogP contribution >= 0.6 is 0 Å². The van der Waals surface area contributed by atoms with Crippen LogP contribution in [0.3, 0.4) is 0 Å². The van der Waals surface area contributed by atoms with Crippen molar-refractivity contribution in [3.63, 3.8) is 0 Å². The van der Waals surface area contributed by atoms with Crippen molar-refractivity contribution >= 4 is 30.6 Å². The van der Waals surface area contributed by atoms with Crippen LogP contribution in [0.15, 0.2) is 84.9 Å². The Morgan fingerprint density at radius 2 is 1.39 bits per heavy atom. The lowest BCUT2D eigenvalue weighted by molar-refractivity contribution is -0.137. The average molecular weight is 506 g/mol. The molecule has 1 aliphatic rings. The van der Waals surface area contributed by atoms with E-state index in [-0.39, 0.29) is 11.1 Å². The van der Waals surface area contributed by atoms with Gasteiger partial charge in [-0.2, -0.15) is 0 Å². The van der Waals surface area contributed by atoms with Crippen molar-refractivity contribution in [1.29, 1.82) is 0 Å². The number of nitrogens with zero attached hydrogens (tertiary/aromatic N) is 1. The Bertz CT molecular complexity index is 1120. The van der Waals surface area contributed by atoms with Crippen LogP contribution in [0.1, 0.15) is 36.7 Å². The fraction of sp³-hybridized carbons (Fsp3) is 0.310. The number of benzene rings is 3. The molecule has 4 rings (SSSR count). The van der Waals surface area contributed by atoms with Gasteiger partial charge in [-0.05, 0) is 34.0 Å². The zero-order valence-electron chi connectivity index (χ0n) is 21.3. The predicted octanol–water partition coefficient (Wildman–Crippen LogP) is 4.03. The van der Waals surface area contributed by atoms with Crippen LogP contribution in [0, 0.1) is 6.92 Å². The largest absolute Gasteiger partial charge is 0.480 e. The molecule has 1 fully saturated rings. The summed E-state index contributed by atoms with van der Waals surface area (Å²) in [5.41, 5.74) is 1.18. The number of hydrogen-bond donors (Lipinski definition) is 2. The molecule has 3 aromatic rings. The molecular formula is C29H35NO5Si. The van der Waals surface area contributed by atoms with E-state index in [1.807, 2.05) is 23.1 Å². The first kappa shape index (κ1) is 27.3. The Balaban J connectivity index is 0.000000303. The second-order valence-corrected chi connectivity index (χ2v) is 14.3. The van der Waals surface area contributed by atoms with Gasteiger partial charge in [-0.3, -0.25) is 9.69 Å². The lowest BCUT2D eigenvalue weighted by Crippen LogP contribution is -2.66. The van der Waals surface area contributed by atoms with Gasteiger partial charge in [-0.1, -0.05) is 99.6 Å². The lowest BCUT2D eigenvalue weighted by atomic mass is 10.1. The number of carboxylic acid groups (broad SMARTS) is 2. The molecule has 190 valence electrons. The summed E-state index contributed by atoms with van der Waals surface area (Å²) in [4.78, 5) is 23.4. The van der Waals surface area contributed by atoms with E-state index in [9.17, 15) is 9.59 Å². The van der Waals surface area contributed by atoms with Crippen molar-refractivity contribution in [2.45, 2.75) is 38.8 Å². The van der Waals surface area contributed by atoms with Gasteiger partial charge in [-0.15, -0.1) is 0 Å². The molecule has 0 radical (unpaired) electrons. The topological polar surface area (TPSA) is 86.8 Å². The predicted molar refractivity (Wildman–Crippen MR) is 145 cm³/mol. The van der Waals surface area contributed by atoms with Crippen LogP contribution in [0.2, 0.25) is 5.04 Å². The molecule has 0 saturated carbocycles. The number of aromatic carboxylic acids is 1. The normalized spacial score (nSPS) is 17.0. The number of hydrogen-bond acceptors (Lipinski definition) is 4. The molecule has 0 aromatic heterocycles. The molecule has 0 aliphatic carbocycles. The summed E-state index contributed by atoms with van der Waals surface area (Å²) in [5, 5.41) is 20.1. The van der Waals surface area contributed by atoms with E-state index < -0.39 is 20.3 Å². The standard InChI is InChI=1S/C21H27NO3Si.C8H8O2/c1-21(2,3)26(17-10-6-4-7-11-17,18-12-8-5-9-13-18)25-15-14-22-16-19(22)20(23)24;1-6-4-2-3-5-7(6)8(9)10/h4-13,19H,14-16H2,1-3H3,(H,23,24);2-5H,1H3,(H,9,10)/t19?,22-;/m0./s1. The molecule has 3 aromatic carbocycles. The van der Waals surface area contributed by atoms with Crippen molar-refractivity contribution in [1.82, 2.24) is 4.90 Å². The Morgan fingerprint density at radius 3 is 1.78 bits per heavy atom. The minimum Gasteiger partial charge on any atom is -0.480 e. The molecule has 1 saturated heterocycles. The van der Waals surface area contributed by atoms with Crippen molar-refractivity contribution < 1.29 is 24.2 Å². The van der Waals surface area contributed by atoms with Crippen LogP contribution in [-0.4, -0.2) is 61.1 Å². The number of carbonyl (C=O) groups is 2. The third-order valence-electron chi connectivity index (χ3n) is 6.49. The van der Waals surface area contributed by atoms with Gasteiger partial charge in [0, 0.05) is 19.7 Å². The average Bonchev–Trinajstić information content (AvgIpc) is 3.63. The maximum atomic E-state index is 11.1. The molecule has 0 amide bonds. The zero-order chi connectivity index (χ0) is 26.3. The molecule has 36 heavy (non-hydrogen) atoms. The first-order valence-corrected chi connectivity index (χ1v) is 14.0. The highest BCUT2D eigenvalue weighted by molar-refractivity contribution is 6.99. The second kappa shape index (κ2) is 11.6. The van der Waals surface area contributed by atoms with E-state index >= 15 is 0 Å². The fourth-order valence-corrected chi connectivity index (χ4v) is 9.10. The minimum atomic E-state index is -2.51. The SMILES string of the molecule is CC(C)(C)[Si](OCC[N@@]1CC1C(=O)O)(c1ccccc1)c1ccccc1.Cc1ccccc1C(=O)O. The Kier molecular flexibility index (Phi) is 8.84. The summed E-state index contributed by atoms with van der Waals surface area (Å²) in [6.45, 7) is 10.3. The molecule has 1 unspecified atom stereocenters. The van der Waals surface area contributed by atoms with E-state index in [1.165, 1.54) is 10.4 Å². The van der Waals surface area contributed by atoms with Gasteiger partial charge < -0.3 is 14.6 Å². The van der Waals surface area contributed by atoms with Gasteiger partial charge in [0.1, 0.15) is 6.04 Å². The molecule has 7 heteroatoms. The summed E-state index contributed by atoms with van der Waals surface area (Å²) >= 11 is 0. The van der Waals surface area contributed by atoms with Crippen molar-refractivity contribution in [2.24, 2.45) is 0 Å². The monoisotopic (exact) mass is 505 g/mol. The Hall–Kier alpha value is -3.26. The third kappa shape index (κ3) is 6.29. The van der Waals surface area contributed by atoms with Gasteiger partial charge in [0.05, 0.1) is 5.56 Å². The summed E-state index contributed by atoms with van der Waals surface area (Å²) in [5.74, 6) is -1.60. The smallest absolute Gasteiger partial charge is 0.335 e. The van der Waals surface area contributed by atoms with E-state index in [4.69, 9.17) is 14.6 Å². The second-order valence-electron chi connectivity index (χ2n) is 9.98. The maximum Gasteiger partial charge on any atom is 0.335 e. The highest BCUT2D eigenvalue weighted by atomic mass is 28.4. The highest BCUT2D eigenvalue weighted by Gasteiger charge is 2.50. The lowest BCUT2D eigenvalue weighted by Gasteiger charge is -2.43. The summed E-state index contributed by atoms with van der Waals surface area (Å²) < 4.78 is 6.75. The molecule has 2 N–H and O–H groups in total.